The number of alkyl halides is 3. The van der Waals surface area contributed by atoms with Crippen molar-refractivity contribution in [1.29, 1.82) is 0 Å². The molecule has 0 nitrogen and oxygen atoms in total. The zero-order valence-corrected chi connectivity index (χ0v) is 5.21. The van der Waals surface area contributed by atoms with Crippen molar-refractivity contribution in [3.05, 3.63) is 12.2 Å². The van der Waals surface area contributed by atoms with Gasteiger partial charge in [0.1, 0.15) is 0 Å². The van der Waals surface area contributed by atoms with Crippen LogP contribution in [0.15, 0.2) is 12.2 Å². The predicted octanol–water partition coefficient (Wildman–Crippen LogP) is 2.20. The fourth-order valence-corrected chi connectivity index (χ4v) is 0.303. The third-order valence-electron chi connectivity index (χ3n) is 0.480. The molecule has 0 amide bonds. The van der Waals surface area contributed by atoms with Gasteiger partial charge in [-0.3, -0.25) is 0 Å². The van der Waals surface area contributed by atoms with E-state index in [1.54, 1.807) is 0 Å². The number of rotatable bonds is 2. The maximum absolute atomic E-state index is 11.3. The van der Waals surface area contributed by atoms with Crippen molar-refractivity contribution in [3.8, 4) is 0 Å². The molecule has 0 unspecified atom stereocenters. The lowest BCUT2D eigenvalue weighted by Gasteiger charge is -1.93. The van der Waals surface area contributed by atoms with Crippen molar-refractivity contribution in [2.45, 2.75) is 6.43 Å². The highest BCUT2D eigenvalue weighted by molar-refractivity contribution is 9.09. The van der Waals surface area contributed by atoms with E-state index in [0.29, 0.717) is 0 Å². The van der Waals surface area contributed by atoms with Crippen molar-refractivity contribution in [2.24, 2.45) is 0 Å². The van der Waals surface area contributed by atoms with Crippen LogP contribution in [0.25, 0.3) is 0 Å². The lowest BCUT2D eigenvalue weighted by atomic mass is 10.4. The molecule has 3 heteroatoms. The van der Waals surface area contributed by atoms with Gasteiger partial charge >= 0.3 is 0 Å². The van der Waals surface area contributed by atoms with Crippen LogP contribution in [0.3, 0.4) is 0 Å². The molecular formula is C4H5BrF2. The van der Waals surface area contributed by atoms with Crippen molar-refractivity contribution in [3.63, 3.8) is 0 Å². The maximum atomic E-state index is 11.3. The number of hydrogen-bond acceptors (Lipinski definition) is 0. The summed E-state index contributed by atoms with van der Waals surface area (Å²) in [6, 6.07) is 0. The molecule has 0 aromatic carbocycles. The fourth-order valence-electron chi connectivity index (χ4n) is 0.0583. The molecule has 0 spiro atoms. The van der Waals surface area contributed by atoms with Crippen LogP contribution in [0.5, 0.6) is 0 Å². The van der Waals surface area contributed by atoms with Crippen LogP contribution < -0.4 is 0 Å². The van der Waals surface area contributed by atoms with E-state index in [0.717, 1.165) is 0 Å². The van der Waals surface area contributed by atoms with Gasteiger partial charge in [0, 0.05) is 5.33 Å². The van der Waals surface area contributed by atoms with Gasteiger partial charge in [-0.25, -0.2) is 8.78 Å². The predicted molar refractivity (Wildman–Crippen MR) is 28.9 cm³/mol. The van der Waals surface area contributed by atoms with Gasteiger partial charge in [0.05, 0.1) is 0 Å². The van der Waals surface area contributed by atoms with Gasteiger partial charge in [-0.1, -0.05) is 22.5 Å². The quantitative estimate of drug-likeness (QED) is 0.441. The van der Waals surface area contributed by atoms with Crippen LogP contribution in [0.1, 0.15) is 0 Å². The first kappa shape index (κ1) is 7.08. The second-order valence-corrected chi connectivity index (χ2v) is 1.65. The Morgan fingerprint density at radius 1 is 1.71 bits per heavy atom. The largest absolute Gasteiger partial charge is 0.260 e. The molecule has 0 aliphatic carbocycles. The minimum absolute atomic E-state index is 0.0694. The average Bonchev–Trinajstić information content (AvgIpc) is 1.65. The molecule has 0 saturated carbocycles. The Hall–Kier alpha value is 0.0800. The Morgan fingerprint density at radius 3 is 2.14 bits per heavy atom. The minimum Gasteiger partial charge on any atom is -0.205 e. The van der Waals surface area contributed by atoms with Crippen molar-refractivity contribution < 1.29 is 8.78 Å². The summed E-state index contributed by atoms with van der Waals surface area (Å²) in [7, 11) is 0. The van der Waals surface area contributed by atoms with Gasteiger partial charge < -0.3 is 0 Å². The Kier molecular flexibility index (Phi) is 3.17. The molecule has 0 fully saturated rings. The summed E-state index contributed by atoms with van der Waals surface area (Å²) in [5, 5.41) is 0.185. The molecule has 0 saturated heterocycles. The molecule has 0 aromatic rings. The summed E-state index contributed by atoms with van der Waals surface area (Å²) in [6.07, 6.45) is -2.38. The second-order valence-electron chi connectivity index (χ2n) is 1.09. The number of hydrogen-bond donors (Lipinski definition) is 0. The third kappa shape index (κ3) is 2.74. The molecule has 0 aromatic heterocycles. The summed E-state index contributed by atoms with van der Waals surface area (Å²) in [4.78, 5) is 0. The molecule has 0 atom stereocenters. The highest BCUT2D eigenvalue weighted by atomic mass is 79.9. The van der Waals surface area contributed by atoms with E-state index in [1.165, 1.54) is 0 Å². The lowest BCUT2D eigenvalue weighted by Crippen LogP contribution is -1.94. The van der Waals surface area contributed by atoms with Gasteiger partial charge in [0.2, 0.25) is 0 Å². The zero-order valence-electron chi connectivity index (χ0n) is 3.63. The molecule has 0 radical (unpaired) electrons. The molecule has 7 heavy (non-hydrogen) atoms. The molecule has 0 heterocycles. The molecule has 42 valence electrons. The van der Waals surface area contributed by atoms with E-state index >= 15 is 0 Å². The zero-order chi connectivity index (χ0) is 5.86. The standard InChI is InChI=1S/C4H5BrF2/c1-3(2-5)4(6)7/h4H,1-2H2. The number of allylic oxidation sites excluding steroid dienone is 1. The molecular weight excluding hydrogens is 166 g/mol. The first-order valence-electron chi connectivity index (χ1n) is 1.70. The van der Waals surface area contributed by atoms with Gasteiger partial charge in [0.15, 0.2) is 0 Å². The van der Waals surface area contributed by atoms with E-state index in [2.05, 4.69) is 22.5 Å². The molecule has 0 aliphatic heterocycles. The van der Waals surface area contributed by atoms with Crippen molar-refractivity contribution >= 4 is 15.9 Å². The Labute approximate surface area is 49.3 Å². The molecule has 0 N–H and O–H groups in total. The van der Waals surface area contributed by atoms with Crippen molar-refractivity contribution in [2.75, 3.05) is 5.33 Å². The fraction of sp³-hybridized carbons (Fsp3) is 0.500. The molecule has 0 rings (SSSR count). The summed E-state index contributed by atoms with van der Waals surface area (Å²) < 4.78 is 22.6. The Balaban J connectivity index is 3.35. The summed E-state index contributed by atoms with van der Waals surface area (Å²) in [5.74, 6) is 0. The molecule has 0 bridgehead atoms. The van der Waals surface area contributed by atoms with Crippen LogP contribution in [0.2, 0.25) is 0 Å². The smallest absolute Gasteiger partial charge is 0.205 e. The molecule has 0 aliphatic rings. The summed E-state index contributed by atoms with van der Waals surface area (Å²) >= 11 is 2.84. The Bertz CT molecular complexity index is 70.1. The van der Waals surface area contributed by atoms with Crippen molar-refractivity contribution in [1.82, 2.24) is 0 Å². The van der Waals surface area contributed by atoms with E-state index in [4.69, 9.17) is 0 Å². The summed E-state index contributed by atoms with van der Waals surface area (Å²) in [6.45, 7) is 3.08. The monoisotopic (exact) mass is 170 g/mol. The van der Waals surface area contributed by atoms with Crippen LogP contribution in [0, 0.1) is 0 Å². The van der Waals surface area contributed by atoms with E-state index < -0.39 is 6.43 Å². The van der Waals surface area contributed by atoms with Crippen LogP contribution in [-0.4, -0.2) is 11.8 Å². The third-order valence-corrected chi connectivity index (χ3v) is 1.20. The highest BCUT2D eigenvalue weighted by Crippen LogP contribution is 2.07. The number of halogens is 3. The highest BCUT2D eigenvalue weighted by Gasteiger charge is 2.03. The SMILES string of the molecule is C=C(CBr)C(F)F. The van der Waals surface area contributed by atoms with Crippen LogP contribution >= 0.6 is 15.9 Å². The van der Waals surface area contributed by atoms with Gasteiger partial charge in [-0.2, -0.15) is 0 Å². The van der Waals surface area contributed by atoms with E-state index in [9.17, 15) is 8.78 Å². The van der Waals surface area contributed by atoms with Gasteiger partial charge in [0.25, 0.3) is 6.43 Å². The van der Waals surface area contributed by atoms with E-state index in [-0.39, 0.29) is 10.9 Å². The second kappa shape index (κ2) is 3.13. The minimum atomic E-state index is -2.38. The normalized spacial score (nSPS) is 9.71. The summed E-state index contributed by atoms with van der Waals surface area (Å²) in [5.41, 5.74) is -0.0694. The van der Waals surface area contributed by atoms with Gasteiger partial charge in [-0.05, 0) is 5.57 Å². The van der Waals surface area contributed by atoms with E-state index in [1.807, 2.05) is 0 Å². The lowest BCUT2D eigenvalue weighted by molar-refractivity contribution is 0.191. The first-order chi connectivity index (χ1) is 3.18. The van der Waals surface area contributed by atoms with Crippen LogP contribution in [-0.2, 0) is 0 Å². The first-order valence-corrected chi connectivity index (χ1v) is 2.82. The Morgan fingerprint density at radius 2 is 2.14 bits per heavy atom. The van der Waals surface area contributed by atoms with Gasteiger partial charge in [-0.15, -0.1) is 0 Å². The maximum Gasteiger partial charge on any atom is 0.260 e. The average molecular weight is 171 g/mol. The topological polar surface area (TPSA) is 0 Å². The van der Waals surface area contributed by atoms with Crippen LogP contribution in [0.4, 0.5) is 8.78 Å².